The molecule has 0 aliphatic carbocycles. The maximum Gasteiger partial charge on any atom is 0.500 e. The van der Waals surface area contributed by atoms with Crippen LogP contribution >= 0.6 is 0 Å². The smallest absolute Gasteiger partial charge is 0.460 e. The van der Waals surface area contributed by atoms with Crippen molar-refractivity contribution in [2.75, 3.05) is 70.6 Å². The van der Waals surface area contributed by atoms with Crippen LogP contribution in [0.5, 0.6) is 0 Å². The van der Waals surface area contributed by atoms with Crippen molar-refractivity contribution in [2.24, 2.45) is 0 Å². The molecule has 0 saturated heterocycles. The maximum absolute atomic E-state index is 12.6. The Kier molecular flexibility index (Phi) is 20.6. The molecule has 0 spiro atoms. The molecule has 0 fully saturated rings. The average Bonchev–Trinajstić information content (AvgIpc) is 2.98. The number of carbonyl (C=O) groups excluding carboxylic acids is 1. The molecule has 0 unspecified atom stereocenters. The summed E-state index contributed by atoms with van der Waals surface area (Å²) in [5.41, 5.74) is 0. The highest BCUT2D eigenvalue weighted by molar-refractivity contribution is 6.80. The van der Waals surface area contributed by atoms with Gasteiger partial charge in [0.05, 0.1) is 8.07 Å². The maximum atomic E-state index is 12.6. The van der Waals surface area contributed by atoms with E-state index in [2.05, 4.69) is 0 Å². The largest absolute Gasteiger partial charge is 0.500 e. The van der Waals surface area contributed by atoms with E-state index in [9.17, 15) is 13.6 Å². The van der Waals surface area contributed by atoms with E-state index in [-0.39, 0.29) is 6.42 Å². The Labute approximate surface area is 243 Å². The molecule has 0 atom stereocenters. The van der Waals surface area contributed by atoms with E-state index in [1.165, 1.54) is 0 Å². The second-order valence-electron chi connectivity index (χ2n) is 9.52. The highest BCUT2D eigenvalue weighted by Gasteiger charge is 2.43. The summed E-state index contributed by atoms with van der Waals surface area (Å²) >= 11 is 0. The first kappa shape index (κ1) is 39.8. The van der Waals surface area contributed by atoms with Crippen molar-refractivity contribution in [3.05, 3.63) is 0 Å². The van der Waals surface area contributed by atoms with Gasteiger partial charge in [-0.3, -0.25) is 4.79 Å². The summed E-state index contributed by atoms with van der Waals surface area (Å²) in [4.78, 5) is 12.4. The van der Waals surface area contributed by atoms with Gasteiger partial charge in [-0.1, -0.05) is 37.4 Å². The van der Waals surface area contributed by atoms with Gasteiger partial charge < -0.3 is 44.6 Å². The Balaban J connectivity index is 6.02. The lowest BCUT2D eigenvalue weighted by molar-refractivity contribution is -0.147. The molecule has 0 bridgehead atoms. The van der Waals surface area contributed by atoms with Crippen molar-refractivity contribution >= 4 is 40.5 Å². The number of esters is 1. The van der Waals surface area contributed by atoms with Gasteiger partial charge in [-0.05, 0) is 6.04 Å². The molecule has 0 rings (SSSR count). The van der Waals surface area contributed by atoms with Gasteiger partial charge in [0.25, 0.3) is 6.43 Å². The summed E-state index contributed by atoms with van der Waals surface area (Å²) in [5, 5.41) is 0. The summed E-state index contributed by atoms with van der Waals surface area (Å²) in [7, 11) is 3.57. The molecule has 11 nitrogen and oxygen atoms in total. The van der Waals surface area contributed by atoms with Gasteiger partial charge in [0.1, 0.15) is 0 Å². The SMILES string of the molecule is CO[Si](CCC[Si](CCC[Si](OC)(OC)OC)(CCC[Si](OC)(OC)OC)CCC(=O)OCC(F)F)(OC)OC. The minimum absolute atomic E-state index is 0.0726. The molecule has 0 aromatic heterocycles. The third-order valence-electron chi connectivity index (χ3n) is 7.60. The van der Waals surface area contributed by atoms with E-state index in [0.717, 1.165) is 37.4 Å². The summed E-state index contributed by atoms with van der Waals surface area (Å²) in [6.07, 6.45) is -0.329. The van der Waals surface area contributed by atoms with Crippen molar-refractivity contribution in [2.45, 2.75) is 74.4 Å². The number of rotatable bonds is 26. The molecule has 0 radical (unpaired) electrons. The first-order valence-electron chi connectivity index (χ1n) is 13.4. The van der Waals surface area contributed by atoms with Crippen LogP contribution in [0, 0.1) is 0 Å². The monoisotopic (exact) mass is 654 g/mol. The van der Waals surface area contributed by atoms with Gasteiger partial charge in [0.15, 0.2) is 6.61 Å². The molecule has 0 aromatic carbocycles. The highest BCUT2D eigenvalue weighted by atomic mass is 28.4. The molecule has 17 heteroatoms. The van der Waals surface area contributed by atoms with Crippen LogP contribution in [0.25, 0.3) is 0 Å². The molecular formula is C23H52F2O11Si4. The molecule has 0 N–H and O–H groups in total. The van der Waals surface area contributed by atoms with E-state index >= 15 is 0 Å². The van der Waals surface area contributed by atoms with Crippen LogP contribution in [-0.2, 0) is 49.4 Å². The van der Waals surface area contributed by atoms with E-state index in [0.29, 0.717) is 24.2 Å². The van der Waals surface area contributed by atoms with Gasteiger partial charge in [-0.25, -0.2) is 8.78 Å². The van der Waals surface area contributed by atoms with E-state index < -0.39 is 53.5 Å². The average molecular weight is 655 g/mol. The van der Waals surface area contributed by atoms with Crippen LogP contribution in [-0.4, -0.2) is 117 Å². The number of ether oxygens (including phenoxy) is 1. The Bertz CT molecular complexity index is 581. The zero-order chi connectivity index (χ0) is 30.7. The summed E-state index contributed by atoms with van der Waals surface area (Å²) in [6, 6.07) is 4.97. The standard InChI is InChI=1S/C23H52F2O11Si4/c1-27-38(28-2,29-3)17-10-14-37(20-13-23(26)36-21-22(24)25,15-11-18-39(30-4,31-5)32-6)16-12-19-40(33-7,34-8)35-9/h22H,10-21H2,1-9H3. The third-order valence-corrected chi connectivity index (χ3v) is 21.6. The van der Waals surface area contributed by atoms with Gasteiger partial charge in [0.2, 0.25) is 0 Å². The molecule has 40 heavy (non-hydrogen) atoms. The lowest BCUT2D eigenvalue weighted by Crippen LogP contribution is -2.45. The van der Waals surface area contributed by atoms with Crippen LogP contribution < -0.4 is 0 Å². The lowest BCUT2D eigenvalue weighted by Gasteiger charge is -2.35. The molecule has 0 aliphatic rings. The van der Waals surface area contributed by atoms with E-state index in [4.69, 9.17) is 44.6 Å². The van der Waals surface area contributed by atoms with Crippen LogP contribution in [0.4, 0.5) is 8.78 Å². The Morgan fingerprint density at radius 3 is 1.07 bits per heavy atom. The van der Waals surface area contributed by atoms with Crippen molar-refractivity contribution in [1.82, 2.24) is 0 Å². The Morgan fingerprint density at radius 1 is 0.525 bits per heavy atom. The van der Waals surface area contributed by atoms with Crippen LogP contribution in [0.15, 0.2) is 0 Å². The number of hydrogen-bond donors (Lipinski definition) is 0. The number of carbonyl (C=O) groups is 1. The second kappa shape index (κ2) is 20.7. The lowest BCUT2D eigenvalue weighted by atomic mass is 10.5. The summed E-state index contributed by atoms with van der Waals surface area (Å²) in [6.45, 7) is -0.899. The minimum Gasteiger partial charge on any atom is -0.460 e. The quantitative estimate of drug-likeness (QED) is 0.0976. The van der Waals surface area contributed by atoms with Gasteiger partial charge in [-0.2, -0.15) is 0 Å². The van der Waals surface area contributed by atoms with E-state index in [1.54, 1.807) is 64.0 Å². The molecular weight excluding hydrogens is 603 g/mol. The third kappa shape index (κ3) is 13.4. The fourth-order valence-electron chi connectivity index (χ4n) is 5.05. The van der Waals surface area contributed by atoms with Gasteiger partial charge in [-0.15, -0.1) is 0 Å². The van der Waals surface area contributed by atoms with Crippen LogP contribution in [0.3, 0.4) is 0 Å². The van der Waals surface area contributed by atoms with E-state index in [1.807, 2.05) is 0 Å². The number of alkyl halides is 2. The van der Waals surface area contributed by atoms with Crippen molar-refractivity contribution < 1.29 is 58.1 Å². The first-order chi connectivity index (χ1) is 19.0. The Morgan fingerprint density at radius 2 is 0.825 bits per heavy atom. The van der Waals surface area contributed by atoms with Gasteiger partial charge >= 0.3 is 32.4 Å². The zero-order valence-electron chi connectivity index (χ0n) is 25.8. The first-order valence-corrected chi connectivity index (χ1v) is 22.0. The molecule has 0 amide bonds. The normalized spacial score (nSPS) is 13.3. The van der Waals surface area contributed by atoms with Gasteiger partial charge in [0, 0.05) is 88.5 Å². The second-order valence-corrected chi connectivity index (χ2v) is 23.8. The molecule has 0 heterocycles. The minimum atomic E-state index is -2.80. The van der Waals surface area contributed by atoms with Crippen molar-refractivity contribution in [1.29, 1.82) is 0 Å². The molecule has 0 aliphatic heterocycles. The van der Waals surface area contributed by atoms with Crippen LogP contribution in [0.2, 0.25) is 42.3 Å². The Hall–Kier alpha value is -0.162. The fourth-order valence-corrected chi connectivity index (χ4v) is 16.3. The predicted molar refractivity (Wildman–Crippen MR) is 155 cm³/mol. The summed E-state index contributed by atoms with van der Waals surface area (Å²) < 4.78 is 80.7. The number of halogens is 2. The predicted octanol–water partition coefficient (Wildman–Crippen LogP) is 4.44. The zero-order valence-corrected chi connectivity index (χ0v) is 29.8. The molecule has 240 valence electrons. The van der Waals surface area contributed by atoms with Crippen LogP contribution in [0.1, 0.15) is 25.7 Å². The summed E-state index contributed by atoms with van der Waals surface area (Å²) in [5.74, 6) is -0.615. The highest BCUT2D eigenvalue weighted by Crippen LogP contribution is 2.37. The topological polar surface area (TPSA) is 109 Å². The molecule has 0 aromatic rings. The number of hydrogen-bond acceptors (Lipinski definition) is 11. The molecule has 0 saturated carbocycles. The fraction of sp³-hybridized carbons (Fsp3) is 0.957. The van der Waals surface area contributed by atoms with Crippen molar-refractivity contribution in [3.63, 3.8) is 0 Å². The van der Waals surface area contributed by atoms with Crippen molar-refractivity contribution in [3.8, 4) is 0 Å².